The molecule has 1 aliphatic rings. The predicted octanol–water partition coefficient (Wildman–Crippen LogP) is 2.52. The van der Waals surface area contributed by atoms with Crippen molar-refractivity contribution in [1.82, 2.24) is 0 Å². The summed E-state index contributed by atoms with van der Waals surface area (Å²) < 4.78 is 4.95. The maximum absolute atomic E-state index is 12.6. The molecule has 2 aromatic carbocycles. The van der Waals surface area contributed by atoms with Crippen LogP contribution >= 0.6 is 0 Å². The van der Waals surface area contributed by atoms with E-state index in [0.29, 0.717) is 17.8 Å². The molecule has 0 spiro atoms. The minimum absolute atomic E-state index is 0.339. The Balaban J connectivity index is 2.16. The highest BCUT2D eigenvalue weighted by Crippen LogP contribution is 2.32. The number of carbonyl (C=O) groups excluding carboxylic acids is 2. The largest absolute Gasteiger partial charge is 0.467 e. The van der Waals surface area contributed by atoms with Gasteiger partial charge in [0, 0.05) is 0 Å². The highest BCUT2D eigenvalue weighted by Gasteiger charge is 2.34. The van der Waals surface area contributed by atoms with E-state index in [-0.39, 0.29) is 5.91 Å². The van der Waals surface area contributed by atoms with E-state index in [2.05, 4.69) is 4.99 Å². The third-order valence-electron chi connectivity index (χ3n) is 3.75. The molecule has 5 nitrogen and oxygen atoms in total. The SMILES string of the molecule is COC(=O)C(c1ccccc1)N1C(=O)C=NCc2ccccc21. The second kappa shape index (κ2) is 6.44. The molecule has 1 atom stereocenters. The summed E-state index contributed by atoms with van der Waals surface area (Å²) in [6.45, 7) is 0.404. The molecule has 0 bridgehead atoms. The van der Waals surface area contributed by atoms with Crippen molar-refractivity contribution in [3.8, 4) is 0 Å². The Labute approximate surface area is 134 Å². The summed E-state index contributed by atoms with van der Waals surface area (Å²) in [5.74, 6) is -0.830. The van der Waals surface area contributed by atoms with Crippen LogP contribution in [0, 0.1) is 0 Å². The molecule has 5 heteroatoms. The average Bonchev–Trinajstić information content (AvgIpc) is 2.75. The standard InChI is InChI=1S/C18H16N2O3/c1-23-18(22)17(13-7-3-2-4-8-13)20-15-10-6-5-9-14(15)11-19-12-16(20)21/h2-10,12,17H,11H2,1H3. The Morgan fingerprint density at radius 2 is 1.83 bits per heavy atom. The van der Waals surface area contributed by atoms with Crippen LogP contribution in [0.4, 0.5) is 5.69 Å². The smallest absolute Gasteiger partial charge is 0.333 e. The molecule has 0 aromatic heterocycles. The van der Waals surface area contributed by atoms with Crippen LogP contribution in [-0.4, -0.2) is 25.2 Å². The van der Waals surface area contributed by atoms with Crippen molar-refractivity contribution < 1.29 is 14.3 Å². The summed E-state index contributed by atoms with van der Waals surface area (Å²) >= 11 is 0. The first-order valence-electron chi connectivity index (χ1n) is 7.26. The summed E-state index contributed by atoms with van der Waals surface area (Å²) in [7, 11) is 1.32. The van der Waals surface area contributed by atoms with Crippen molar-refractivity contribution in [2.24, 2.45) is 4.99 Å². The van der Waals surface area contributed by atoms with E-state index in [1.807, 2.05) is 42.5 Å². The van der Waals surface area contributed by atoms with Crippen LogP contribution in [0.1, 0.15) is 17.2 Å². The number of benzene rings is 2. The number of hydrogen-bond acceptors (Lipinski definition) is 4. The van der Waals surface area contributed by atoms with Gasteiger partial charge in [-0.1, -0.05) is 48.5 Å². The average molecular weight is 308 g/mol. The van der Waals surface area contributed by atoms with Gasteiger partial charge >= 0.3 is 5.97 Å². The Bertz CT molecular complexity index is 756. The zero-order valence-electron chi connectivity index (χ0n) is 12.7. The number of nitrogens with zero attached hydrogens (tertiary/aromatic N) is 2. The molecule has 116 valence electrons. The molecule has 1 aliphatic heterocycles. The number of aliphatic imine (C=N–C) groups is 1. The lowest BCUT2D eigenvalue weighted by Gasteiger charge is -2.29. The van der Waals surface area contributed by atoms with Gasteiger partial charge in [-0.05, 0) is 17.2 Å². The van der Waals surface area contributed by atoms with E-state index in [1.165, 1.54) is 18.2 Å². The fraction of sp³-hybridized carbons (Fsp3) is 0.167. The molecule has 1 heterocycles. The lowest BCUT2D eigenvalue weighted by atomic mass is 10.0. The van der Waals surface area contributed by atoms with Crippen molar-refractivity contribution in [2.45, 2.75) is 12.6 Å². The number of para-hydroxylation sites is 1. The zero-order valence-corrected chi connectivity index (χ0v) is 12.7. The minimum Gasteiger partial charge on any atom is -0.467 e. The molecule has 0 radical (unpaired) electrons. The van der Waals surface area contributed by atoms with Gasteiger partial charge in [-0.15, -0.1) is 0 Å². The van der Waals surface area contributed by atoms with Crippen LogP contribution in [0.15, 0.2) is 59.6 Å². The molecule has 23 heavy (non-hydrogen) atoms. The molecule has 0 saturated heterocycles. The summed E-state index contributed by atoms with van der Waals surface area (Å²) in [6.07, 6.45) is 1.26. The van der Waals surface area contributed by atoms with Gasteiger partial charge in [0.1, 0.15) is 0 Å². The van der Waals surface area contributed by atoms with Crippen molar-refractivity contribution in [3.05, 3.63) is 65.7 Å². The second-order valence-corrected chi connectivity index (χ2v) is 5.14. The van der Waals surface area contributed by atoms with Crippen molar-refractivity contribution in [2.75, 3.05) is 12.0 Å². The van der Waals surface area contributed by atoms with Crippen molar-refractivity contribution in [3.63, 3.8) is 0 Å². The Morgan fingerprint density at radius 3 is 2.57 bits per heavy atom. The predicted molar refractivity (Wildman–Crippen MR) is 87.3 cm³/mol. The van der Waals surface area contributed by atoms with E-state index < -0.39 is 12.0 Å². The summed E-state index contributed by atoms with van der Waals surface area (Å²) in [4.78, 5) is 30.6. The number of carbonyl (C=O) groups is 2. The number of ether oxygens (including phenoxy) is 1. The van der Waals surface area contributed by atoms with Gasteiger partial charge in [0.15, 0.2) is 6.04 Å². The number of rotatable bonds is 3. The van der Waals surface area contributed by atoms with E-state index in [9.17, 15) is 9.59 Å². The van der Waals surface area contributed by atoms with Gasteiger partial charge < -0.3 is 4.74 Å². The number of methoxy groups -OCH3 is 1. The fourth-order valence-corrected chi connectivity index (χ4v) is 2.69. The van der Waals surface area contributed by atoms with Gasteiger partial charge in [-0.2, -0.15) is 0 Å². The first-order chi connectivity index (χ1) is 11.2. The number of anilines is 1. The Hall–Kier alpha value is -2.95. The molecule has 2 aromatic rings. The number of hydrogen-bond donors (Lipinski definition) is 0. The quantitative estimate of drug-likeness (QED) is 0.819. The van der Waals surface area contributed by atoms with Crippen LogP contribution in [-0.2, 0) is 20.9 Å². The highest BCUT2D eigenvalue weighted by molar-refractivity contribution is 6.34. The third-order valence-corrected chi connectivity index (χ3v) is 3.75. The van der Waals surface area contributed by atoms with Crippen molar-refractivity contribution >= 4 is 23.8 Å². The van der Waals surface area contributed by atoms with E-state index in [4.69, 9.17) is 4.74 Å². The van der Waals surface area contributed by atoms with E-state index in [0.717, 1.165) is 5.56 Å². The van der Waals surface area contributed by atoms with Gasteiger partial charge in [0.25, 0.3) is 5.91 Å². The van der Waals surface area contributed by atoms with Crippen LogP contribution in [0.5, 0.6) is 0 Å². The van der Waals surface area contributed by atoms with Gasteiger partial charge in [0.2, 0.25) is 0 Å². The number of esters is 1. The first kappa shape index (κ1) is 15.0. The van der Waals surface area contributed by atoms with Crippen LogP contribution in [0.25, 0.3) is 0 Å². The molecule has 1 amide bonds. The summed E-state index contributed by atoms with van der Waals surface area (Å²) in [6, 6.07) is 15.7. The van der Waals surface area contributed by atoms with E-state index >= 15 is 0 Å². The Kier molecular flexibility index (Phi) is 4.19. The lowest BCUT2D eigenvalue weighted by Crippen LogP contribution is -2.40. The Morgan fingerprint density at radius 1 is 1.13 bits per heavy atom. The second-order valence-electron chi connectivity index (χ2n) is 5.14. The molecule has 0 N–H and O–H groups in total. The highest BCUT2D eigenvalue weighted by atomic mass is 16.5. The molecule has 0 fully saturated rings. The molecule has 1 unspecified atom stereocenters. The lowest BCUT2D eigenvalue weighted by molar-refractivity contribution is -0.143. The van der Waals surface area contributed by atoms with Gasteiger partial charge in [-0.3, -0.25) is 14.7 Å². The molecular formula is C18H16N2O3. The molecule has 0 saturated carbocycles. The molecule has 0 aliphatic carbocycles. The van der Waals surface area contributed by atoms with Gasteiger partial charge in [0.05, 0.1) is 25.6 Å². The van der Waals surface area contributed by atoms with Crippen LogP contribution in [0.3, 0.4) is 0 Å². The van der Waals surface area contributed by atoms with Gasteiger partial charge in [-0.25, -0.2) is 4.79 Å². The maximum Gasteiger partial charge on any atom is 0.333 e. The maximum atomic E-state index is 12.6. The number of amides is 1. The van der Waals surface area contributed by atoms with Crippen LogP contribution < -0.4 is 4.90 Å². The first-order valence-corrected chi connectivity index (χ1v) is 7.26. The molecule has 3 rings (SSSR count). The number of fused-ring (bicyclic) bond motifs is 1. The van der Waals surface area contributed by atoms with E-state index in [1.54, 1.807) is 12.1 Å². The zero-order chi connectivity index (χ0) is 16.2. The summed E-state index contributed by atoms with van der Waals surface area (Å²) in [5.41, 5.74) is 2.26. The normalized spacial score (nSPS) is 14.8. The topological polar surface area (TPSA) is 59.0 Å². The van der Waals surface area contributed by atoms with Crippen molar-refractivity contribution in [1.29, 1.82) is 0 Å². The summed E-state index contributed by atoms with van der Waals surface area (Å²) in [5, 5.41) is 0. The monoisotopic (exact) mass is 308 g/mol. The minimum atomic E-state index is -0.848. The fourth-order valence-electron chi connectivity index (χ4n) is 2.69. The third kappa shape index (κ3) is 2.85. The molecular weight excluding hydrogens is 292 g/mol. The van der Waals surface area contributed by atoms with Crippen LogP contribution in [0.2, 0.25) is 0 Å².